The number of hydrogen-bond acceptors (Lipinski definition) is 3. The molecule has 2 heterocycles. The second kappa shape index (κ2) is 7.99. The number of rotatable bonds is 4. The molecule has 0 atom stereocenters. The maximum atomic E-state index is 13.1. The molecule has 1 aromatic heterocycles. The molecule has 1 aliphatic heterocycles. The zero-order valence-corrected chi connectivity index (χ0v) is 18.8. The van der Waals surface area contributed by atoms with Gasteiger partial charge < -0.3 is 4.42 Å². The Morgan fingerprint density at radius 2 is 1.57 bits per heavy atom. The van der Waals surface area contributed by atoms with Crippen molar-refractivity contribution in [2.75, 3.05) is 6.54 Å². The number of benzene rings is 2. The molecule has 0 saturated carbocycles. The van der Waals surface area contributed by atoms with Crippen LogP contribution in [0.1, 0.15) is 16.9 Å². The van der Waals surface area contributed by atoms with E-state index in [-0.39, 0.29) is 11.4 Å². The molecule has 0 amide bonds. The molecule has 0 saturated heterocycles. The van der Waals surface area contributed by atoms with Crippen molar-refractivity contribution in [3.05, 3.63) is 92.8 Å². The zero-order valence-electron chi connectivity index (χ0n) is 14.8. The molecule has 0 radical (unpaired) electrons. The van der Waals surface area contributed by atoms with Crippen LogP contribution >= 0.6 is 31.9 Å². The van der Waals surface area contributed by atoms with Gasteiger partial charge in [-0.2, -0.15) is 4.31 Å². The van der Waals surface area contributed by atoms with E-state index in [2.05, 4.69) is 37.9 Å². The Bertz CT molecular complexity index is 1120. The van der Waals surface area contributed by atoms with E-state index < -0.39 is 10.0 Å². The van der Waals surface area contributed by atoms with Gasteiger partial charge in [0.1, 0.15) is 5.76 Å². The van der Waals surface area contributed by atoms with E-state index in [1.165, 1.54) is 4.31 Å². The molecule has 0 unspecified atom stereocenters. The monoisotopic (exact) mass is 521 g/mol. The van der Waals surface area contributed by atoms with Gasteiger partial charge in [-0.25, -0.2) is 8.42 Å². The van der Waals surface area contributed by atoms with Gasteiger partial charge in [-0.05, 0) is 54.4 Å². The van der Waals surface area contributed by atoms with Gasteiger partial charge in [-0.15, -0.1) is 0 Å². The van der Waals surface area contributed by atoms with Crippen LogP contribution in [0.15, 0.2) is 85.2 Å². The highest BCUT2D eigenvalue weighted by Gasteiger charge is 2.32. The Kier molecular flexibility index (Phi) is 5.60. The topological polar surface area (TPSA) is 50.5 Å². The van der Waals surface area contributed by atoms with Crippen LogP contribution in [-0.2, 0) is 23.0 Å². The number of hydrogen-bond donors (Lipinski definition) is 0. The number of halogens is 2. The van der Waals surface area contributed by atoms with E-state index in [1.54, 1.807) is 30.5 Å². The van der Waals surface area contributed by atoms with Crippen LogP contribution in [-0.4, -0.2) is 19.3 Å². The fraction of sp³-hybridized carbons (Fsp3) is 0.143. The minimum atomic E-state index is -3.60. The van der Waals surface area contributed by atoms with Gasteiger partial charge in [0.25, 0.3) is 0 Å². The predicted molar refractivity (Wildman–Crippen MR) is 116 cm³/mol. The zero-order chi connectivity index (χ0) is 19.7. The normalized spacial score (nSPS) is 16.3. The van der Waals surface area contributed by atoms with Crippen molar-refractivity contribution in [1.82, 2.24) is 4.31 Å². The predicted octanol–water partition coefficient (Wildman–Crippen LogP) is 5.64. The molecule has 0 spiro atoms. The van der Waals surface area contributed by atoms with Crippen LogP contribution in [0.3, 0.4) is 0 Å². The molecule has 1 aliphatic rings. The first-order chi connectivity index (χ1) is 13.4. The molecule has 0 bridgehead atoms. The Hall–Kier alpha value is -1.67. The second-order valence-electron chi connectivity index (χ2n) is 6.56. The van der Waals surface area contributed by atoms with Crippen molar-refractivity contribution < 1.29 is 12.8 Å². The summed E-state index contributed by atoms with van der Waals surface area (Å²) in [6.45, 7) is 0.593. The molecule has 7 heteroatoms. The maximum absolute atomic E-state index is 13.1. The average molecular weight is 523 g/mol. The summed E-state index contributed by atoms with van der Waals surface area (Å²) in [5.74, 6) is 0.777. The van der Waals surface area contributed by atoms with Gasteiger partial charge >= 0.3 is 0 Å². The van der Waals surface area contributed by atoms with Gasteiger partial charge in [0.05, 0.1) is 11.2 Å². The SMILES string of the molecule is O=S(=O)(c1ccc(Br)cc1)N1C/C(=C/Cc2ccc(Br)cc2)c2occc2C1. The van der Waals surface area contributed by atoms with E-state index in [1.807, 2.05) is 30.3 Å². The largest absolute Gasteiger partial charge is 0.464 e. The van der Waals surface area contributed by atoms with Crippen LogP contribution in [0.4, 0.5) is 0 Å². The molecule has 2 aromatic carbocycles. The Labute approximate surface area is 181 Å². The van der Waals surface area contributed by atoms with Crippen LogP contribution in [0.25, 0.3) is 5.57 Å². The summed E-state index contributed by atoms with van der Waals surface area (Å²) in [7, 11) is -3.60. The van der Waals surface area contributed by atoms with Crippen LogP contribution in [0.2, 0.25) is 0 Å². The highest BCUT2D eigenvalue weighted by atomic mass is 79.9. The molecule has 28 heavy (non-hydrogen) atoms. The lowest BCUT2D eigenvalue weighted by atomic mass is 10.0. The van der Waals surface area contributed by atoms with E-state index >= 15 is 0 Å². The number of fused-ring (bicyclic) bond motifs is 1. The van der Waals surface area contributed by atoms with Gasteiger partial charge in [-0.3, -0.25) is 0 Å². The second-order valence-corrected chi connectivity index (χ2v) is 10.3. The minimum absolute atomic E-state index is 0.287. The first-order valence-corrected chi connectivity index (χ1v) is 11.7. The molecule has 144 valence electrons. The first-order valence-electron chi connectivity index (χ1n) is 8.69. The van der Waals surface area contributed by atoms with Crippen molar-refractivity contribution in [1.29, 1.82) is 0 Å². The third-order valence-electron chi connectivity index (χ3n) is 4.68. The van der Waals surface area contributed by atoms with Crippen molar-refractivity contribution in [3.8, 4) is 0 Å². The van der Waals surface area contributed by atoms with Gasteiger partial charge in [-0.1, -0.05) is 50.1 Å². The van der Waals surface area contributed by atoms with E-state index in [9.17, 15) is 8.42 Å². The molecule has 4 rings (SSSR count). The maximum Gasteiger partial charge on any atom is 0.243 e. The summed E-state index contributed by atoms with van der Waals surface area (Å²) in [6.07, 6.45) is 4.37. The summed E-state index contributed by atoms with van der Waals surface area (Å²) in [6, 6.07) is 16.6. The number of sulfonamides is 1. The third kappa shape index (κ3) is 4.03. The van der Waals surface area contributed by atoms with Crippen LogP contribution in [0, 0.1) is 0 Å². The van der Waals surface area contributed by atoms with Crippen molar-refractivity contribution in [2.24, 2.45) is 0 Å². The quantitative estimate of drug-likeness (QED) is 0.445. The van der Waals surface area contributed by atoms with Crippen LogP contribution < -0.4 is 0 Å². The number of furan rings is 1. The lowest BCUT2D eigenvalue weighted by Crippen LogP contribution is -2.35. The highest BCUT2D eigenvalue weighted by molar-refractivity contribution is 9.10. The Morgan fingerprint density at radius 1 is 0.929 bits per heavy atom. The average Bonchev–Trinajstić information content (AvgIpc) is 3.16. The summed E-state index contributed by atoms with van der Waals surface area (Å²) in [5.41, 5.74) is 2.92. The molecular formula is C21H17Br2NO3S. The van der Waals surface area contributed by atoms with E-state index in [0.29, 0.717) is 13.0 Å². The number of nitrogens with zero attached hydrogens (tertiary/aromatic N) is 1. The molecule has 3 aromatic rings. The summed E-state index contributed by atoms with van der Waals surface area (Å²) in [4.78, 5) is 0.287. The van der Waals surface area contributed by atoms with Crippen LogP contribution in [0.5, 0.6) is 0 Å². The van der Waals surface area contributed by atoms with Gasteiger partial charge in [0, 0.05) is 33.2 Å². The van der Waals surface area contributed by atoms with Crippen molar-refractivity contribution in [2.45, 2.75) is 17.9 Å². The molecule has 0 N–H and O–H groups in total. The fourth-order valence-electron chi connectivity index (χ4n) is 3.19. The summed E-state index contributed by atoms with van der Waals surface area (Å²) in [5, 5.41) is 0. The lowest BCUT2D eigenvalue weighted by molar-refractivity contribution is 0.420. The lowest BCUT2D eigenvalue weighted by Gasteiger charge is -2.27. The molecule has 0 fully saturated rings. The Balaban J connectivity index is 1.64. The molecule has 4 nitrogen and oxygen atoms in total. The van der Waals surface area contributed by atoms with E-state index in [4.69, 9.17) is 4.42 Å². The van der Waals surface area contributed by atoms with E-state index in [0.717, 1.165) is 31.4 Å². The first kappa shape index (κ1) is 19.6. The summed E-state index contributed by atoms with van der Waals surface area (Å²) >= 11 is 6.79. The fourth-order valence-corrected chi connectivity index (χ4v) is 5.12. The standard InChI is InChI=1S/C21H17Br2NO3S/c22-18-5-2-15(3-6-18)1-4-16-13-24(14-17-11-12-27-21(16)17)28(25,26)20-9-7-19(23)8-10-20/h2-12H,1,13-14H2/b16-4-. The Morgan fingerprint density at radius 3 is 2.25 bits per heavy atom. The molecule has 0 aliphatic carbocycles. The molecular weight excluding hydrogens is 506 g/mol. The third-order valence-corrected chi connectivity index (χ3v) is 7.54. The van der Waals surface area contributed by atoms with Crippen molar-refractivity contribution >= 4 is 47.5 Å². The summed E-state index contributed by atoms with van der Waals surface area (Å²) < 4.78 is 35.3. The van der Waals surface area contributed by atoms with Gasteiger partial charge in [0.2, 0.25) is 10.0 Å². The smallest absolute Gasteiger partial charge is 0.243 e. The number of allylic oxidation sites excluding steroid dienone is 1. The highest BCUT2D eigenvalue weighted by Crippen LogP contribution is 2.32. The van der Waals surface area contributed by atoms with Crippen molar-refractivity contribution in [3.63, 3.8) is 0 Å². The van der Waals surface area contributed by atoms with Gasteiger partial charge in [0.15, 0.2) is 0 Å². The minimum Gasteiger partial charge on any atom is -0.464 e.